The van der Waals surface area contributed by atoms with E-state index in [1.165, 1.54) is 30.3 Å². The Hall–Kier alpha value is -3.82. The average molecular weight is 496 g/mol. The monoisotopic (exact) mass is 495 g/mol. The number of hydrogen-bond donors (Lipinski definition) is 2. The fourth-order valence-corrected chi connectivity index (χ4v) is 3.84. The van der Waals surface area contributed by atoms with Crippen LogP contribution in [0.25, 0.3) is 11.0 Å². The van der Waals surface area contributed by atoms with Crippen molar-refractivity contribution in [3.8, 4) is 11.5 Å². The highest BCUT2D eigenvalue weighted by Crippen LogP contribution is 2.30. The number of anilines is 2. The van der Waals surface area contributed by atoms with Gasteiger partial charge in [0.25, 0.3) is 5.91 Å². The third-order valence-electron chi connectivity index (χ3n) is 5.54. The van der Waals surface area contributed by atoms with Gasteiger partial charge in [-0.05, 0) is 42.5 Å². The molecule has 4 aromatic rings. The SMILES string of the molecule is O=C(Nc1ccc(F)c(Oc2ccc3ncc(N4CCNCC4)nc3c2)c1)c1ccc(Cl)c(F)c1. The molecule has 7 nitrogen and oxygen atoms in total. The third-order valence-corrected chi connectivity index (χ3v) is 5.85. The molecule has 2 heterocycles. The van der Waals surface area contributed by atoms with Crippen LogP contribution in [0.4, 0.5) is 20.3 Å². The Morgan fingerprint density at radius 2 is 1.83 bits per heavy atom. The number of fused-ring (bicyclic) bond motifs is 1. The van der Waals surface area contributed by atoms with Crippen LogP contribution >= 0.6 is 11.6 Å². The van der Waals surface area contributed by atoms with Crippen molar-refractivity contribution in [2.45, 2.75) is 0 Å². The van der Waals surface area contributed by atoms with Crippen LogP contribution in [-0.2, 0) is 0 Å². The molecule has 3 aromatic carbocycles. The Labute approximate surface area is 204 Å². The maximum absolute atomic E-state index is 14.5. The molecule has 35 heavy (non-hydrogen) atoms. The first kappa shape index (κ1) is 22.9. The van der Waals surface area contributed by atoms with Crippen molar-refractivity contribution >= 4 is 40.0 Å². The zero-order valence-corrected chi connectivity index (χ0v) is 19.1. The van der Waals surface area contributed by atoms with Crippen molar-refractivity contribution in [2.24, 2.45) is 0 Å². The van der Waals surface area contributed by atoms with Crippen LogP contribution in [0.15, 0.2) is 60.8 Å². The van der Waals surface area contributed by atoms with E-state index in [0.717, 1.165) is 38.1 Å². The van der Waals surface area contributed by atoms with E-state index in [1.807, 2.05) is 0 Å². The molecule has 178 valence electrons. The summed E-state index contributed by atoms with van der Waals surface area (Å²) in [5.41, 5.74) is 1.66. The molecule has 1 aliphatic heterocycles. The summed E-state index contributed by atoms with van der Waals surface area (Å²) in [6, 6.07) is 12.7. The van der Waals surface area contributed by atoms with Gasteiger partial charge in [0.1, 0.15) is 17.4 Å². The Morgan fingerprint density at radius 1 is 1.00 bits per heavy atom. The number of halogens is 3. The molecular formula is C25H20ClF2N5O2. The van der Waals surface area contributed by atoms with Gasteiger partial charge < -0.3 is 20.3 Å². The first-order valence-corrected chi connectivity index (χ1v) is 11.3. The van der Waals surface area contributed by atoms with Gasteiger partial charge >= 0.3 is 0 Å². The van der Waals surface area contributed by atoms with Gasteiger partial charge in [0.05, 0.1) is 22.3 Å². The molecule has 5 rings (SSSR count). The second kappa shape index (κ2) is 9.81. The average Bonchev–Trinajstić information content (AvgIpc) is 2.87. The summed E-state index contributed by atoms with van der Waals surface area (Å²) in [6.45, 7) is 3.43. The van der Waals surface area contributed by atoms with Crippen LogP contribution in [0.3, 0.4) is 0 Å². The third kappa shape index (κ3) is 5.16. The van der Waals surface area contributed by atoms with Gasteiger partial charge in [0.15, 0.2) is 11.6 Å². The van der Waals surface area contributed by atoms with E-state index in [9.17, 15) is 13.6 Å². The maximum Gasteiger partial charge on any atom is 0.255 e. The molecule has 1 saturated heterocycles. The molecule has 0 radical (unpaired) electrons. The van der Waals surface area contributed by atoms with E-state index >= 15 is 0 Å². The summed E-state index contributed by atoms with van der Waals surface area (Å²) in [6.07, 6.45) is 1.74. The summed E-state index contributed by atoms with van der Waals surface area (Å²) in [5.74, 6) is -0.837. The molecule has 10 heteroatoms. The van der Waals surface area contributed by atoms with Gasteiger partial charge in [-0.2, -0.15) is 0 Å². The summed E-state index contributed by atoms with van der Waals surface area (Å²) in [4.78, 5) is 23.8. The number of hydrogen-bond acceptors (Lipinski definition) is 6. The molecule has 0 saturated carbocycles. The standard InChI is InChI=1S/C25H20ClF2N5O2/c26-18-4-1-15(11-20(18)28)25(34)31-16-2-5-19(27)23(12-16)35-17-3-6-21-22(13-17)32-24(14-30-21)33-9-7-29-8-10-33/h1-6,11-14,29H,7-10H2,(H,31,34). The summed E-state index contributed by atoms with van der Waals surface area (Å²) in [7, 11) is 0. The predicted octanol–water partition coefficient (Wildman–Crippen LogP) is 5.02. The molecule has 1 aliphatic rings. The smallest absolute Gasteiger partial charge is 0.255 e. The van der Waals surface area contributed by atoms with Crippen molar-refractivity contribution in [3.63, 3.8) is 0 Å². The van der Waals surface area contributed by atoms with E-state index in [4.69, 9.17) is 21.3 Å². The van der Waals surface area contributed by atoms with Crippen LogP contribution in [0.5, 0.6) is 11.5 Å². The highest BCUT2D eigenvalue weighted by atomic mass is 35.5. The summed E-state index contributed by atoms with van der Waals surface area (Å²) in [5, 5.41) is 5.82. The van der Waals surface area contributed by atoms with E-state index in [1.54, 1.807) is 24.4 Å². The van der Waals surface area contributed by atoms with Gasteiger partial charge in [-0.25, -0.2) is 13.8 Å². The Kier molecular flexibility index (Phi) is 6.43. The van der Waals surface area contributed by atoms with E-state index < -0.39 is 17.5 Å². The molecule has 0 atom stereocenters. The van der Waals surface area contributed by atoms with Crippen LogP contribution in [-0.4, -0.2) is 42.1 Å². The zero-order chi connectivity index (χ0) is 24.4. The number of piperazine rings is 1. The predicted molar refractivity (Wildman–Crippen MR) is 130 cm³/mol. The quantitative estimate of drug-likeness (QED) is 0.405. The summed E-state index contributed by atoms with van der Waals surface area (Å²) >= 11 is 5.67. The minimum atomic E-state index is -0.707. The number of amides is 1. The largest absolute Gasteiger partial charge is 0.454 e. The number of carbonyl (C=O) groups is 1. The fraction of sp³-hybridized carbons (Fsp3) is 0.160. The van der Waals surface area contributed by atoms with Gasteiger partial charge in [-0.3, -0.25) is 9.78 Å². The second-order valence-corrected chi connectivity index (χ2v) is 8.35. The Balaban J connectivity index is 1.36. The molecule has 2 N–H and O–H groups in total. The molecule has 0 bridgehead atoms. The van der Waals surface area contributed by atoms with Gasteiger partial charge in [0, 0.05) is 49.6 Å². The first-order valence-electron chi connectivity index (χ1n) is 10.9. The van der Waals surface area contributed by atoms with Gasteiger partial charge in [0.2, 0.25) is 0 Å². The van der Waals surface area contributed by atoms with Crippen LogP contribution in [0.1, 0.15) is 10.4 Å². The van der Waals surface area contributed by atoms with Crippen LogP contribution in [0, 0.1) is 11.6 Å². The lowest BCUT2D eigenvalue weighted by atomic mass is 10.2. The molecule has 1 aromatic heterocycles. The van der Waals surface area contributed by atoms with E-state index in [0.29, 0.717) is 16.8 Å². The number of nitrogens with zero attached hydrogens (tertiary/aromatic N) is 3. The van der Waals surface area contributed by atoms with Crippen molar-refractivity contribution < 1.29 is 18.3 Å². The second-order valence-electron chi connectivity index (χ2n) is 7.95. The van der Waals surface area contributed by atoms with Gasteiger partial charge in [-0.15, -0.1) is 0 Å². The number of nitrogens with one attached hydrogen (secondary N) is 2. The Bertz CT molecular complexity index is 1410. The minimum absolute atomic E-state index is 0.0760. The molecule has 0 aliphatic carbocycles. The lowest BCUT2D eigenvalue weighted by Crippen LogP contribution is -2.43. The Morgan fingerprint density at radius 3 is 2.63 bits per heavy atom. The minimum Gasteiger partial charge on any atom is -0.454 e. The van der Waals surface area contributed by atoms with Crippen molar-refractivity contribution in [1.29, 1.82) is 0 Å². The van der Waals surface area contributed by atoms with Crippen LogP contribution in [0.2, 0.25) is 5.02 Å². The number of ether oxygens (including phenoxy) is 1. The lowest BCUT2D eigenvalue weighted by molar-refractivity contribution is 0.102. The zero-order valence-electron chi connectivity index (χ0n) is 18.4. The molecule has 1 fully saturated rings. The number of benzene rings is 3. The first-order chi connectivity index (χ1) is 17.0. The maximum atomic E-state index is 14.5. The van der Waals surface area contributed by atoms with Gasteiger partial charge in [-0.1, -0.05) is 11.6 Å². The van der Waals surface area contributed by atoms with Crippen molar-refractivity contribution in [3.05, 3.63) is 83.0 Å². The lowest BCUT2D eigenvalue weighted by Gasteiger charge is -2.28. The summed E-state index contributed by atoms with van der Waals surface area (Å²) < 4.78 is 33.9. The molecule has 1 amide bonds. The van der Waals surface area contributed by atoms with Crippen molar-refractivity contribution in [1.82, 2.24) is 15.3 Å². The number of carbonyl (C=O) groups excluding carboxylic acids is 1. The normalized spacial score (nSPS) is 13.6. The molecule has 0 unspecified atom stereocenters. The highest BCUT2D eigenvalue weighted by Gasteiger charge is 2.15. The molecule has 0 spiro atoms. The van der Waals surface area contributed by atoms with E-state index in [2.05, 4.69) is 20.5 Å². The fourth-order valence-electron chi connectivity index (χ4n) is 3.72. The highest BCUT2D eigenvalue weighted by molar-refractivity contribution is 6.30. The topological polar surface area (TPSA) is 79.4 Å². The number of aromatic nitrogens is 2. The number of rotatable bonds is 5. The van der Waals surface area contributed by atoms with E-state index in [-0.39, 0.29) is 22.0 Å². The van der Waals surface area contributed by atoms with Crippen LogP contribution < -0.4 is 20.3 Å². The van der Waals surface area contributed by atoms with Crippen molar-refractivity contribution in [2.75, 3.05) is 36.4 Å². The molecular weight excluding hydrogens is 476 g/mol.